The minimum Gasteiger partial charge on any atom is -0.395 e. The lowest BCUT2D eigenvalue weighted by atomic mass is 10.1. The summed E-state index contributed by atoms with van der Waals surface area (Å²) >= 11 is 0. The van der Waals surface area contributed by atoms with Crippen LogP contribution in [0, 0.1) is 5.82 Å². The molecule has 0 amide bonds. The Bertz CT molecular complexity index is 272. The van der Waals surface area contributed by atoms with E-state index in [0.29, 0.717) is 6.54 Å². The molecule has 4 heteroatoms. The maximum atomic E-state index is 12.6. The standard InChI is InChI=1S/C11H16FNO2/c12-10-3-1-9(2-4-10)5-6-13-11(7-14)8-15/h1-4,11,13-15H,5-8H2. The number of rotatable bonds is 6. The fourth-order valence-corrected chi connectivity index (χ4v) is 1.26. The van der Waals surface area contributed by atoms with E-state index < -0.39 is 0 Å². The van der Waals surface area contributed by atoms with Crippen molar-refractivity contribution in [1.82, 2.24) is 5.32 Å². The first-order chi connectivity index (χ1) is 7.26. The molecule has 1 aromatic rings. The van der Waals surface area contributed by atoms with Crippen molar-refractivity contribution in [3.8, 4) is 0 Å². The number of hydrogen-bond donors (Lipinski definition) is 3. The van der Waals surface area contributed by atoms with E-state index in [1.54, 1.807) is 12.1 Å². The van der Waals surface area contributed by atoms with E-state index in [1.807, 2.05) is 0 Å². The van der Waals surface area contributed by atoms with Gasteiger partial charge in [0.2, 0.25) is 0 Å². The van der Waals surface area contributed by atoms with Gasteiger partial charge in [0, 0.05) is 0 Å². The summed E-state index contributed by atoms with van der Waals surface area (Å²) in [6, 6.07) is 6.02. The van der Waals surface area contributed by atoms with E-state index in [1.165, 1.54) is 12.1 Å². The van der Waals surface area contributed by atoms with Crippen LogP contribution in [-0.4, -0.2) is 36.0 Å². The Hall–Kier alpha value is -0.970. The van der Waals surface area contributed by atoms with Gasteiger partial charge >= 0.3 is 0 Å². The van der Waals surface area contributed by atoms with E-state index in [9.17, 15) is 4.39 Å². The molecule has 0 bridgehead atoms. The summed E-state index contributed by atoms with van der Waals surface area (Å²) < 4.78 is 12.6. The van der Waals surface area contributed by atoms with Gasteiger partial charge in [-0.2, -0.15) is 0 Å². The molecule has 0 saturated carbocycles. The van der Waals surface area contributed by atoms with Crippen molar-refractivity contribution in [2.75, 3.05) is 19.8 Å². The first kappa shape index (κ1) is 12.1. The van der Waals surface area contributed by atoms with E-state index in [4.69, 9.17) is 10.2 Å². The molecule has 0 aliphatic rings. The fourth-order valence-electron chi connectivity index (χ4n) is 1.26. The summed E-state index contributed by atoms with van der Waals surface area (Å²) in [5, 5.41) is 20.6. The third-order valence-corrected chi connectivity index (χ3v) is 2.20. The van der Waals surface area contributed by atoms with Crippen LogP contribution in [-0.2, 0) is 6.42 Å². The van der Waals surface area contributed by atoms with Crippen molar-refractivity contribution in [2.45, 2.75) is 12.5 Å². The molecule has 84 valence electrons. The Balaban J connectivity index is 2.28. The van der Waals surface area contributed by atoms with Crippen LogP contribution in [0.5, 0.6) is 0 Å². The van der Waals surface area contributed by atoms with E-state index in [0.717, 1.165) is 12.0 Å². The minimum absolute atomic E-state index is 0.0834. The molecule has 0 aliphatic carbocycles. The second kappa shape index (κ2) is 6.50. The predicted molar refractivity (Wildman–Crippen MR) is 56.1 cm³/mol. The van der Waals surface area contributed by atoms with E-state index >= 15 is 0 Å². The number of aliphatic hydroxyl groups excluding tert-OH is 2. The zero-order valence-electron chi connectivity index (χ0n) is 8.49. The Morgan fingerprint density at radius 2 is 1.73 bits per heavy atom. The highest BCUT2D eigenvalue weighted by atomic mass is 19.1. The second-order valence-corrected chi connectivity index (χ2v) is 3.39. The Labute approximate surface area is 88.6 Å². The summed E-state index contributed by atoms with van der Waals surface area (Å²) in [4.78, 5) is 0. The smallest absolute Gasteiger partial charge is 0.123 e. The first-order valence-corrected chi connectivity index (χ1v) is 4.96. The van der Waals surface area contributed by atoms with E-state index in [2.05, 4.69) is 5.32 Å². The van der Waals surface area contributed by atoms with Gasteiger partial charge in [0.05, 0.1) is 19.3 Å². The highest BCUT2D eigenvalue weighted by Crippen LogP contribution is 2.02. The van der Waals surface area contributed by atoms with Gasteiger partial charge in [0.15, 0.2) is 0 Å². The molecular formula is C11H16FNO2. The lowest BCUT2D eigenvalue weighted by Crippen LogP contribution is -2.36. The lowest BCUT2D eigenvalue weighted by molar-refractivity contribution is 0.171. The predicted octanol–water partition coefficient (Wildman–Crippen LogP) is 0.311. The molecule has 0 fully saturated rings. The van der Waals surface area contributed by atoms with Gasteiger partial charge in [0.25, 0.3) is 0 Å². The highest BCUT2D eigenvalue weighted by Gasteiger charge is 2.03. The normalized spacial score (nSPS) is 10.9. The molecule has 0 atom stereocenters. The molecule has 3 N–H and O–H groups in total. The van der Waals surface area contributed by atoms with Crippen LogP contribution in [0.2, 0.25) is 0 Å². The SMILES string of the molecule is OCC(CO)NCCc1ccc(F)cc1. The number of hydrogen-bond acceptors (Lipinski definition) is 3. The quantitative estimate of drug-likeness (QED) is 0.637. The molecule has 1 aromatic carbocycles. The number of halogens is 1. The zero-order valence-corrected chi connectivity index (χ0v) is 8.49. The average Bonchev–Trinajstić information content (AvgIpc) is 2.27. The van der Waals surface area contributed by atoms with E-state index in [-0.39, 0.29) is 25.1 Å². The molecule has 0 spiro atoms. The lowest BCUT2D eigenvalue weighted by Gasteiger charge is -2.12. The largest absolute Gasteiger partial charge is 0.395 e. The Morgan fingerprint density at radius 3 is 2.27 bits per heavy atom. The van der Waals surface area contributed by atoms with Crippen LogP contribution < -0.4 is 5.32 Å². The molecule has 0 aliphatic heterocycles. The molecule has 15 heavy (non-hydrogen) atoms. The fraction of sp³-hybridized carbons (Fsp3) is 0.455. The maximum Gasteiger partial charge on any atom is 0.123 e. The second-order valence-electron chi connectivity index (χ2n) is 3.39. The molecule has 1 rings (SSSR count). The monoisotopic (exact) mass is 213 g/mol. The van der Waals surface area contributed by atoms with Crippen LogP contribution >= 0.6 is 0 Å². The molecule has 0 heterocycles. The van der Waals surface area contributed by atoms with Crippen LogP contribution in [0.1, 0.15) is 5.56 Å². The van der Waals surface area contributed by atoms with Crippen LogP contribution in [0.15, 0.2) is 24.3 Å². The minimum atomic E-state index is -0.273. The van der Waals surface area contributed by atoms with Crippen molar-refractivity contribution in [3.05, 3.63) is 35.6 Å². The number of aliphatic hydroxyl groups is 2. The third-order valence-electron chi connectivity index (χ3n) is 2.20. The number of nitrogens with one attached hydrogen (secondary N) is 1. The van der Waals surface area contributed by atoms with Gasteiger partial charge in [-0.15, -0.1) is 0 Å². The van der Waals surface area contributed by atoms with Gasteiger partial charge in [-0.25, -0.2) is 4.39 Å². The van der Waals surface area contributed by atoms with Crippen LogP contribution in [0.3, 0.4) is 0 Å². The summed E-state index contributed by atoms with van der Waals surface area (Å²) in [5.41, 5.74) is 1.03. The van der Waals surface area contributed by atoms with Gasteiger partial charge in [-0.05, 0) is 30.7 Å². The summed E-state index contributed by atoms with van der Waals surface area (Å²) in [7, 11) is 0. The summed E-state index contributed by atoms with van der Waals surface area (Å²) in [6.45, 7) is 0.483. The van der Waals surface area contributed by atoms with Crippen molar-refractivity contribution < 1.29 is 14.6 Å². The Morgan fingerprint density at radius 1 is 1.13 bits per heavy atom. The van der Waals surface area contributed by atoms with Crippen LogP contribution in [0.4, 0.5) is 4.39 Å². The summed E-state index contributed by atoms with van der Waals surface area (Å²) in [5.74, 6) is -0.240. The Kier molecular flexibility index (Phi) is 5.25. The molecule has 0 radical (unpaired) electrons. The van der Waals surface area contributed by atoms with Crippen molar-refractivity contribution in [2.24, 2.45) is 0 Å². The van der Waals surface area contributed by atoms with Gasteiger partial charge < -0.3 is 15.5 Å². The molecular weight excluding hydrogens is 197 g/mol. The van der Waals surface area contributed by atoms with Gasteiger partial charge in [0.1, 0.15) is 5.82 Å². The number of benzene rings is 1. The molecule has 0 aromatic heterocycles. The molecule has 3 nitrogen and oxygen atoms in total. The van der Waals surface area contributed by atoms with Crippen molar-refractivity contribution >= 4 is 0 Å². The van der Waals surface area contributed by atoms with Crippen LogP contribution in [0.25, 0.3) is 0 Å². The first-order valence-electron chi connectivity index (χ1n) is 4.96. The highest BCUT2D eigenvalue weighted by molar-refractivity contribution is 5.16. The van der Waals surface area contributed by atoms with Crippen molar-refractivity contribution in [3.63, 3.8) is 0 Å². The van der Waals surface area contributed by atoms with Gasteiger partial charge in [-0.3, -0.25) is 0 Å². The molecule has 0 saturated heterocycles. The third kappa shape index (κ3) is 4.38. The average molecular weight is 213 g/mol. The maximum absolute atomic E-state index is 12.6. The summed E-state index contributed by atoms with van der Waals surface area (Å²) in [6.07, 6.45) is 0.747. The van der Waals surface area contributed by atoms with Gasteiger partial charge in [-0.1, -0.05) is 12.1 Å². The molecule has 0 unspecified atom stereocenters. The van der Waals surface area contributed by atoms with Crippen molar-refractivity contribution in [1.29, 1.82) is 0 Å². The topological polar surface area (TPSA) is 52.5 Å². The zero-order chi connectivity index (χ0) is 11.1.